The molecule has 0 bridgehead atoms. The zero-order valence-electron chi connectivity index (χ0n) is 12.2. The van der Waals surface area contributed by atoms with Crippen LogP contribution in [0.2, 0.25) is 0 Å². The van der Waals surface area contributed by atoms with Gasteiger partial charge in [0.25, 0.3) is 0 Å². The Morgan fingerprint density at radius 1 is 1.21 bits per heavy atom. The Kier molecular flexibility index (Phi) is 3.65. The van der Waals surface area contributed by atoms with E-state index < -0.39 is 0 Å². The van der Waals surface area contributed by atoms with Gasteiger partial charge in [-0.3, -0.25) is 0 Å². The first-order valence-corrected chi connectivity index (χ1v) is 7.56. The fourth-order valence-electron chi connectivity index (χ4n) is 3.40. The van der Waals surface area contributed by atoms with Crippen LogP contribution in [0.4, 0.5) is 11.4 Å². The van der Waals surface area contributed by atoms with Gasteiger partial charge in [0.15, 0.2) is 0 Å². The maximum absolute atomic E-state index is 3.50. The smallest absolute Gasteiger partial charge is 0.0388 e. The molecule has 1 fully saturated rings. The van der Waals surface area contributed by atoms with Gasteiger partial charge in [-0.05, 0) is 63.5 Å². The van der Waals surface area contributed by atoms with E-state index in [-0.39, 0.29) is 0 Å². The van der Waals surface area contributed by atoms with E-state index in [1.54, 1.807) is 0 Å². The summed E-state index contributed by atoms with van der Waals surface area (Å²) in [7, 11) is 2.23. The summed E-state index contributed by atoms with van der Waals surface area (Å²) in [5, 5.41) is 3.50. The molecule has 2 heterocycles. The lowest BCUT2D eigenvalue weighted by atomic mass is 10.0. The molecule has 1 atom stereocenters. The van der Waals surface area contributed by atoms with Crippen molar-refractivity contribution in [2.75, 3.05) is 43.4 Å². The van der Waals surface area contributed by atoms with Gasteiger partial charge in [-0.1, -0.05) is 0 Å². The monoisotopic (exact) mass is 259 g/mol. The summed E-state index contributed by atoms with van der Waals surface area (Å²) in [6, 6.07) is 7.56. The minimum absolute atomic E-state index is 0.599. The summed E-state index contributed by atoms with van der Waals surface area (Å²) in [6.07, 6.45) is 3.74. The SMILES string of the molecule is CC1CN(C)CCCN1c1ccc2c(c1)CCCN2. The lowest BCUT2D eigenvalue weighted by Gasteiger charge is -2.31. The second kappa shape index (κ2) is 5.41. The van der Waals surface area contributed by atoms with E-state index >= 15 is 0 Å². The van der Waals surface area contributed by atoms with Crippen LogP contribution >= 0.6 is 0 Å². The highest BCUT2D eigenvalue weighted by atomic mass is 15.2. The quantitative estimate of drug-likeness (QED) is 0.836. The first kappa shape index (κ1) is 12.8. The molecule has 0 aliphatic carbocycles. The molecule has 2 aliphatic heterocycles. The number of aryl methyl sites for hydroxylation is 1. The Morgan fingerprint density at radius 3 is 3.00 bits per heavy atom. The molecule has 0 amide bonds. The molecule has 1 N–H and O–H groups in total. The van der Waals surface area contributed by atoms with Crippen LogP contribution in [0.1, 0.15) is 25.3 Å². The van der Waals surface area contributed by atoms with Gasteiger partial charge in [-0.25, -0.2) is 0 Å². The average molecular weight is 259 g/mol. The summed E-state index contributed by atoms with van der Waals surface area (Å²) in [5.74, 6) is 0. The molecule has 1 aromatic carbocycles. The van der Waals surface area contributed by atoms with Crippen LogP contribution in [0.25, 0.3) is 0 Å². The van der Waals surface area contributed by atoms with Crippen LogP contribution in [0.3, 0.4) is 0 Å². The Hall–Kier alpha value is -1.22. The molecule has 0 radical (unpaired) electrons. The molecule has 3 rings (SSSR count). The highest BCUT2D eigenvalue weighted by molar-refractivity contribution is 5.62. The number of anilines is 2. The largest absolute Gasteiger partial charge is 0.385 e. The van der Waals surface area contributed by atoms with E-state index in [0.717, 1.165) is 13.1 Å². The molecule has 1 aromatic rings. The maximum atomic E-state index is 3.50. The first-order chi connectivity index (χ1) is 9.24. The second-order valence-electron chi connectivity index (χ2n) is 6.03. The van der Waals surface area contributed by atoms with Gasteiger partial charge < -0.3 is 15.1 Å². The van der Waals surface area contributed by atoms with Gasteiger partial charge in [0.1, 0.15) is 0 Å². The number of rotatable bonds is 1. The lowest BCUT2D eigenvalue weighted by Crippen LogP contribution is -2.38. The molecule has 0 spiro atoms. The van der Waals surface area contributed by atoms with Crippen LogP contribution in [-0.4, -0.2) is 44.2 Å². The summed E-state index contributed by atoms with van der Waals surface area (Å²) in [4.78, 5) is 5.03. The van der Waals surface area contributed by atoms with Crippen LogP contribution in [0, 0.1) is 0 Å². The van der Waals surface area contributed by atoms with E-state index in [0.29, 0.717) is 6.04 Å². The van der Waals surface area contributed by atoms with Gasteiger partial charge in [-0.15, -0.1) is 0 Å². The molecule has 1 saturated heterocycles. The standard InChI is InChI=1S/C16H25N3/c1-13-12-18(2)9-4-10-19(13)15-6-7-16-14(11-15)5-3-8-17-16/h6-7,11,13,17H,3-5,8-10,12H2,1-2H3. The Labute approximate surface area is 116 Å². The van der Waals surface area contributed by atoms with Crippen molar-refractivity contribution in [3.8, 4) is 0 Å². The molecule has 3 heteroatoms. The van der Waals surface area contributed by atoms with Gasteiger partial charge in [0, 0.05) is 37.1 Å². The Morgan fingerprint density at radius 2 is 2.11 bits per heavy atom. The van der Waals surface area contributed by atoms with Crippen molar-refractivity contribution in [2.45, 2.75) is 32.2 Å². The fraction of sp³-hybridized carbons (Fsp3) is 0.625. The van der Waals surface area contributed by atoms with Crippen molar-refractivity contribution in [3.63, 3.8) is 0 Å². The average Bonchev–Trinajstić information content (AvgIpc) is 2.59. The number of benzene rings is 1. The van der Waals surface area contributed by atoms with E-state index in [1.165, 1.54) is 49.3 Å². The molecule has 104 valence electrons. The summed E-state index contributed by atoms with van der Waals surface area (Å²) in [6.45, 7) is 7.02. The molecule has 2 aliphatic rings. The molecular weight excluding hydrogens is 234 g/mol. The van der Waals surface area contributed by atoms with Crippen LogP contribution in [0.15, 0.2) is 18.2 Å². The Balaban J connectivity index is 1.84. The molecular formula is C16H25N3. The fourth-order valence-corrected chi connectivity index (χ4v) is 3.40. The molecule has 0 aromatic heterocycles. The summed E-state index contributed by atoms with van der Waals surface area (Å²) >= 11 is 0. The molecule has 1 unspecified atom stereocenters. The third-order valence-electron chi connectivity index (χ3n) is 4.41. The van der Waals surface area contributed by atoms with Crippen molar-refractivity contribution in [2.24, 2.45) is 0 Å². The number of hydrogen-bond donors (Lipinski definition) is 1. The minimum atomic E-state index is 0.599. The summed E-state index contributed by atoms with van der Waals surface area (Å²) < 4.78 is 0. The first-order valence-electron chi connectivity index (χ1n) is 7.56. The highest BCUT2D eigenvalue weighted by Crippen LogP contribution is 2.28. The van der Waals surface area contributed by atoms with Gasteiger partial charge in [0.05, 0.1) is 0 Å². The number of hydrogen-bond acceptors (Lipinski definition) is 3. The van der Waals surface area contributed by atoms with Crippen molar-refractivity contribution < 1.29 is 0 Å². The maximum Gasteiger partial charge on any atom is 0.0388 e. The predicted molar refractivity (Wildman–Crippen MR) is 82.2 cm³/mol. The van der Waals surface area contributed by atoms with E-state index in [4.69, 9.17) is 0 Å². The topological polar surface area (TPSA) is 18.5 Å². The highest BCUT2D eigenvalue weighted by Gasteiger charge is 2.20. The third kappa shape index (κ3) is 2.71. The van der Waals surface area contributed by atoms with Gasteiger partial charge in [0.2, 0.25) is 0 Å². The molecule has 3 nitrogen and oxygen atoms in total. The predicted octanol–water partition coefficient (Wildman–Crippen LogP) is 2.58. The van der Waals surface area contributed by atoms with Gasteiger partial charge in [-0.2, -0.15) is 0 Å². The van der Waals surface area contributed by atoms with Gasteiger partial charge >= 0.3 is 0 Å². The molecule has 19 heavy (non-hydrogen) atoms. The van der Waals surface area contributed by atoms with Crippen LogP contribution in [0.5, 0.6) is 0 Å². The Bertz CT molecular complexity index is 444. The third-order valence-corrected chi connectivity index (χ3v) is 4.41. The van der Waals surface area contributed by atoms with Crippen molar-refractivity contribution in [1.82, 2.24) is 4.90 Å². The lowest BCUT2D eigenvalue weighted by molar-refractivity contribution is 0.337. The number of likely N-dealkylation sites (N-methyl/N-ethyl adjacent to an activating group) is 1. The van der Waals surface area contributed by atoms with E-state index in [9.17, 15) is 0 Å². The van der Waals surface area contributed by atoms with Crippen molar-refractivity contribution in [3.05, 3.63) is 23.8 Å². The van der Waals surface area contributed by atoms with Crippen molar-refractivity contribution >= 4 is 11.4 Å². The minimum Gasteiger partial charge on any atom is -0.385 e. The van der Waals surface area contributed by atoms with Crippen LogP contribution < -0.4 is 10.2 Å². The molecule has 0 saturated carbocycles. The number of nitrogens with one attached hydrogen (secondary N) is 1. The van der Waals surface area contributed by atoms with E-state index in [1.807, 2.05) is 0 Å². The second-order valence-corrected chi connectivity index (χ2v) is 6.03. The zero-order chi connectivity index (χ0) is 13.2. The van der Waals surface area contributed by atoms with Crippen LogP contribution in [-0.2, 0) is 6.42 Å². The van der Waals surface area contributed by atoms with E-state index in [2.05, 4.69) is 47.3 Å². The van der Waals surface area contributed by atoms with Crippen molar-refractivity contribution in [1.29, 1.82) is 0 Å². The zero-order valence-corrected chi connectivity index (χ0v) is 12.2. The summed E-state index contributed by atoms with van der Waals surface area (Å²) in [5.41, 5.74) is 4.24. The number of nitrogens with zero attached hydrogens (tertiary/aromatic N) is 2. The number of fused-ring (bicyclic) bond motifs is 1. The normalized spacial score (nSPS) is 24.5.